The average molecular weight is 343 g/mol. The molecule has 0 radical (unpaired) electrons. The minimum Gasteiger partial charge on any atom is -0.480 e. The molecule has 1 atom stereocenters. The first-order chi connectivity index (χ1) is 11.7. The fourth-order valence-electron chi connectivity index (χ4n) is 4.16. The van der Waals surface area contributed by atoms with Gasteiger partial charge < -0.3 is 10.0 Å². The van der Waals surface area contributed by atoms with Crippen molar-refractivity contribution in [3.05, 3.63) is 16.3 Å². The molecule has 1 unspecified atom stereocenters. The summed E-state index contributed by atoms with van der Waals surface area (Å²) in [5.74, 6) is 1.60. The number of rotatable bonds is 3. The molecule has 5 nitrogen and oxygen atoms in total. The fourth-order valence-corrected chi connectivity index (χ4v) is 5.43. The third-order valence-electron chi connectivity index (χ3n) is 5.57. The van der Waals surface area contributed by atoms with Crippen LogP contribution in [0.2, 0.25) is 0 Å². The second kappa shape index (κ2) is 5.41. The standard InChI is InChI=1S/C18H21N3O2S/c22-18(23)12-5-3-9-21(12)16-14-11-4-1-2-6-13(11)24-17(14)20-15(19-16)10-7-8-10/h10,12H,1-9H2,(H,22,23). The molecule has 3 heterocycles. The number of carbonyl (C=O) groups is 1. The summed E-state index contributed by atoms with van der Waals surface area (Å²) in [6.45, 7) is 0.789. The SMILES string of the molecule is O=C(O)C1CCCN1c1nc(C2CC2)nc2sc3c(c12)CCCC3. The van der Waals surface area contributed by atoms with Crippen LogP contribution in [-0.2, 0) is 17.6 Å². The van der Waals surface area contributed by atoms with Crippen LogP contribution in [0.25, 0.3) is 10.2 Å². The zero-order chi connectivity index (χ0) is 16.3. The van der Waals surface area contributed by atoms with Gasteiger partial charge in [-0.3, -0.25) is 0 Å². The van der Waals surface area contributed by atoms with Gasteiger partial charge in [0.25, 0.3) is 0 Å². The van der Waals surface area contributed by atoms with Crippen molar-refractivity contribution in [1.29, 1.82) is 0 Å². The third kappa shape index (κ3) is 2.23. The first-order valence-electron chi connectivity index (χ1n) is 9.04. The zero-order valence-corrected chi connectivity index (χ0v) is 14.4. The number of aliphatic carboxylic acids is 1. The molecule has 0 aromatic carbocycles. The van der Waals surface area contributed by atoms with E-state index in [1.54, 1.807) is 0 Å². The molecule has 24 heavy (non-hydrogen) atoms. The number of anilines is 1. The predicted octanol–water partition coefficient (Wildman–Crippen LogP) is 3.50. The van der Waals surface area contributed by atoms with Crippen molar-refractivity contribution in [2.45, 2.75) is 63.3 Å². The Morgan fingerprint density at radius 1 is 1.12 bits per heavy atom. The van der Waals surface area contributed by atoms with Gasteiger partial charge in [0, 0.05) is 17.3 Å². The van der Waals surface area contributed by atoms with Crippen molar-refractivity contribution >= 4 is 33.3 Å². The number of thiophene rings is 1. The quantitative estimate of drug-likeness (QED) is 0.924. The number of nitrogens with zero attached hydrogens (tertiary/aromatic N) is 3. The lowest BCUT2D eigenvalue weighted by molar-refractivity contribution is -0.138. The van der Waals surface area contributed by atoms with E-state index in [9.17, 15) is 9.90 Å². The summed E-state index contributed by atoms with van der Waals surface area (Å²) in [5, 5.41) is 10.8. The molecule has 0 spiro atoms. The van der Waals surface area contributed by atoms with Crippen LogP contribution in [0.3, 0.4) is 0 Å². The number of fused-ring (bicyclic) bond motifs is 3. The Morgan fingerprint density at radius 2 is 1.96 bits per heavy atom. The molecule has 1 saturated carbocycles. The van der Waals surface area contributed by atoms with E-state index in [0.717, 1.165) is 47.7 Å². The smallest absolute Gasteiger partial charge is 0.326 e. The predicted molar refractivity (Wildman–Crippen MR) is 94.0 cm³/mol. The van der Waals surface area contributed by atoms with Crippen LogP contribution < -0.4 is 4.90 Å². The van der Waals surface area contributed by atoms with Gasteiger partial charge in [0.1, 0.15) is 22.5 Å². The van der Waals surface area contributed by atoms with Crippen molar-refractivity contribution in [3.63, 3.8) is 0 Å². The summed E-state index contributed by atoms with van der Waals surface area (Å²) in [5.41, 5.74) is 1.40. The van der Waals surface area contributed by atoms with E-state index >= 15 is 0 Å². The van der Waals surface area contributed by atoms with E-state index in [2.05, 4.69) is 0 Å². The van der Waals surface area contributed by atoms with Crippen LogP contribution in [0.1, 0.15) is 60.7 Å². The van der Waals surface area contributed by atoms with Gasteiger partial charge in [-0.1, -0.05) is 0 Å². The Bertz CT molecular complexity index is 827. The minimum absolute atomic E-state index is 0.436. The second-order valence-electron chi connectivity index (χ2n) is 7.26. The molecule has 6 heteroatoms. The van der Waals surface area contributed by atoms with Crippen LogP contribution in [0.15, 0.2) is 0 Å². The summed E-state index contributed by atoms with van der Waals surface area (Å²) in [6, 6.07) is -0.436. The van der Waals surface area contributed by atoms with Crippen molar-refractivity contribution in [3.8, 4) is 0 Å². The van der Waals surface area contributed by atoms with E-state index in [1.165, 1.54) is 36.1 Å². The largest absolute Gasteiger partial charge is 0.480 e. The minimum atomic E-state index is -0.726. The van der Waals surface area contributed by atoms with E-state index in [1.807, 2.05) is 16.2 Å². The van der Waals surface area contributed by atoms with Gasteiger partial charge in [-0.2, -0.15) is 0 Å². The molecule has 5 rings (SSSR count). The zero-order valence-electron chi connectivity index (χ0n) is 13.6. The van der Waals surface area contributed by atoms with E-state index in [-0.39, 0.29) is 0 Å². The summed E-state index contributed by atoms with van der Waals surface area (Å²) in [6.07, 6.45) is 8.65. The van der Waals surface area contributed by atoms with Crippen LogP contribution in [0, 0.1) is 0 Å². The molecule has 2 aliphatic carbocycles. The molecule has 2 fully saturated rings. The number of carboxylic acid groups (broad SMARTS) is 1. The van der Waals surface area contributed by atoms with Crippen LogP contribution >= 0.6 is 11.3 Å². The highest BCUT2D eigenvalue weighted by atomic mass is 32.1. The lowest BCUT2D eigenvalue weighted by Gasteiger charge is -2.24. The molecule has 0 amide bonds. The lowest BCUT2D eigenvalue weighted by Crippen LogP contribution is -2.36. The first-order valence-corrected chi connectivity index (χ1v) is 9.85. The number of hydrogen-bond donors (Lipinski definition) is 1. The normalized spacial score (nSPS) is 23.7. The van der Waals surface area contributed by atoms with Crippen LogP contribution in [-0.4, -0.2) is 33.6 Å². The summed E-state index contributed by atoms with van der Waals surface area (Å²) < 4.78 is 0. The average Bonchev–Trinajstić information content (AvgIpc) is 3.19. The maximum atomic E-state index is 11.7. The van der Waals surface area contributed by atoms with E-state index in [0.29, 0.717) is 12.3 Å². The Labute approximate surface area is 144 Å². The maximum Gasteiger partial charge on any atom is 0.326 e. The van der Waals surface area contributed by atoms with Gasteiger partial charge >= 0.3 is 5.97 Å². The summed E-state index contributed by atoms with van der Waals surface area (Å²) in [4.78, 5) is 26.1. The Balaban J connectivity index is 1.72. The Kier molecular flexibility index (Phi) is 3.30. The van der Waals surface area contributed by atoms with Crippen LogP contribution in [0.5, 0.6) is 0 Å². The molecule has 1 aliphatic heterocycles. The van der Waals surface area contributed by atoms with E-state index in [4.69, 9.17) is 9.97 Å². The van der Waals surface area contributed by atoms with Crippen molar-refractivity contribution < 1.29 is 9.90 Å². The Morgan fingerprint density at radius 3 is 2.75 bits per heavy atom. The van der Waals surface area contributed by atoms with Crippen LogP contribution in [0.4, 0.5) is 5.82 Å². The molecule has 0 bridgehead atoms. The lowest BCUT2D eigenvalue weighted by atomic mass is 9.97. The van der Waals surface area contributed by atoms with Crippen molar-refractivity contribution in [2.24, 2.45) is 0 Å². The van der Waals surface area contributed by atoms with Gasteiger partial charge in [0.2, 0.25) is 0 Å². The van der Waals surface area contributed by atoms with Gasteiger partial charge in [0.05, 0.1) is 5.39 Å². The first kappa shape index (κ1) is 14.6. The number of aromatic nitrogens is 2. The highest BCUT2D eigenvalue weighted by Crippen LogP contribution is 2.45. The van der Waals surface area contributed by atoms with Gasteiger partial charge in [-0.15, -0.1) is 11.3 Å². The topological polar surface area (TPSA) is 66.3 Å². The van der Waals surface area contributed by atoms with Crippen molar-refractivity contribution in [2.75, 3.05) is 11.4 Å². The number of carboxylic acids is 1. The molecule has 126 valence electrons. The molecule has 3 aliphatic rings. The number of hydrogen-bond acceptors (Lipinski definition) is 5. The highest BCUT2D eigenvalue weighted by molar-refractivity contribution is 7.19. The number of aryl methyl sites for hydroxylation is 2. The molecule has 1 N–H and O–H groups in total. The molecule has 1 saturated heterocycles. The molecule has 2 aromatic rings. The maximum absolute atomic E-state index is 11.7. The van der Waals surface area contributed by atoms with E-state index < -0.39 is 12.0 Å². The summed E-state index contributed by atoms with van der Waals surface area (Å²) >= 11 is 1.82. The third-order valence-corrected chi connectivity index (χ3v) is 6.75. The molecule has 2 aromatic heterocycles. The highest BCUT2D eigenvalue weighted by Gasteiger charge is 2.36. The monoisotopic (exact) mass is 343 g/mol. The molecular formula is C18H21N3O2S. The fraction of sp³-hybridized carbons (Fsp3) is 0.611. The van der Waals surface area contributed by atoms with Gasteiger partial charge in [-0.25, -0.2) is 14.8 Å². The summed E-state index contributed by atoms with van der Waals surface area (Å²) in [7, 11) is 0. The van der Waals surface area contributed by atoms with Gasteiger partial charge in [-0.05, 0) is 56.9 Å². The van der Waals surface area contributed by atoms with Crippen molar-refractivity contribution in [1.82, 2.24) is 9.97 Å². The Hall–Kier alpha value is -1.69. The second-order valence-corrected chi connectivity index (χ2v) is 8.34. The van der Waals surface area contributed by atoms with Gasteiger partial charge in [0.15, 0.2) is 0 Å². The molecular weight excluding hydrogens is 322 g/mol.